The van der Waals surface area contributed by atoms with E-state index in [0.29, 0.717) is 30.9 Å². The van der Waals surface area contributed by atoms with Crippen LogP contribution in [0.2, 0.25) is 0 Å². The van der Waals surface area contributed by atoms with Crippen molar-refractivity contribution in [3.05, 3.63) is 59.7 Å². The highest BCUT2D eigenvalue weighted by atomic mass is 16.2. The second-order valence-corrected chi connectivity index (χ2v) is 7.43. The van der Waals surface area contributed by atoms with E-state index in [9.17, 15) is 14.4 Å². The third kappa shape index (κ3) is 4.53. The summed E-state index contributed by atoms with van der Waals surface area (Å²) in [6, 6.07) is 14.7. The molecule has 3 rings (SSSR count). The Balaban J connectivity index is 1.65. The van der Waals surface area contributed by atoms with Gasteiger partial charge >= 0.3 is 0 Å². The Kier molecular flexibility index (Phi) is 6.87. The highest BCUT2D eigenvalue weighted by molar-refractivity contribution is 6.04. The number of carbonyl (C=O) groups excluding carboxylic acids is 3. The average Bonchev–Trinajstić information content (AvgIpc) is 3.16. The van der Waals surface area contributed by atoms with Gasteiger partial charge in [-0.25, -0.2) is 0 Å². The van der Waals surface area contributed by atoms with Gasteiger partial charge in [0, 0.05) is 43.0 Å². The van der Waals surface area contributed by atoms with Gasteiger partial charge in [0.1, 0.15) is 0 Å². The predicted molar refractivity (Wildman–Crippen MR) is 119 cm³/mol. The largest absolute Gasteiger partial charge is 0.339 e. The topological polar surface area (TPSA) is 69.7 Å². The summed E-state index contributed by atoms with van der Waals surface area (Å²) in [7, 11) is 0. The molecule has 0 saturated carbocycles. The molecule has 0 aromatic heterocycles. The molecule has 0 spiro atoms. The number of nitrogens with one attached hydrogen (secondary N) is 1. The maximum absolute atomic E-state index is 12.7. The van der Waals surface area contributed by atoms with E-state index in [1.807, 2.05) is 38.1 Å². The lowest BCUT2D eigenvalue weighted by molar-refractivity contribution is -0.122. The maximum Gasteiger partial charge on any atom is 0.253 e. The number of benzene rings is 2. The minimum Gasteiger partial charge on any atom is -0.339 e. The van der Waals surface area contributed by atoms with E-state index in [2.05, 4.69) is 12.2 Å². The Morgan fingerprint density at radius 1 is 1.03 bits per heavy atom. The average molecular weight is 408 g/mol. The normalized spacial score (nSPS) is 15.9. The summed E-state index contributed by atoms with van der Waals surface area (Å²) in [5, 5.41) is 2.89. The number of hydrogen-bond acceptors (Lipinski definition) is 3. The molecule has 158 valence electrons. The molecule has 3 amide bonds. The first kappa shape index (κ1) is 21.6. The number of hydrogen-bond donors (Lipinski definition) is 1. The number of anilines is 2. The predicted octanol–water partition coefficient (Wildman–Crippen LogP) is 3.72. The Hall–Kier alpha value is -3.15. The summed E-state index contributed by atoms with van der Waals surface area (Å²) in [5.74, 6) is -0.636. The van der Waals surface area contributed by atoms with Crippen LogP contribution >= 0.6 is 0 Å². The van der Waals surface area contributed by atoms with E-state index in [4.69, 9.17) is 0 Å². The van der Waals surface area contributed by atoms with Crippen molar-refractivity contribution in [3.8, 4) is 0 Å². The number of nitrogens with zero attached hydrogens (tertiary/aromatic N) is 2. The number of amides is 3. The first-order valence-corrected chi connectivity index (χ1v) is 10.6. The van der Waals surface area contributed by atoms with E-state index in [-0.39, 0.29) is 24.1 Å². The van der Waals surface area contributed by atoms with Gasteiger partial charge in [0.15, 0.2) is 0 Å². The molecule has 0 bridgehead atoms. The summed E-state index contributed by atoms with van der Waals surface area (Å²) < 4.78 is 0. The van der Waals surface area contributed by atoms with Crippen LogP contribution in [0.1, 0.15) is 43.1 Å². The van der Waals surface area contributed by atoms with Gasteiger partial charge in [0.05, 0.1) is 5.92 Å². The zero-order chi connectivity index (χ0) is 21.7. The Bertz CT molecular complexity index is 920. The van der Waals surface area contributed by atoms with Crippen molar-refractivity contribution in [3.63, 3.8) is 0 Å². The molecule has 30 heavy (non-hydrogen) atoms. The third-order valence-corrected chi connectivity index (χ3v) is 5.61. The molecule has 1 N–H and O–H groups in total. The van der Waals surface area contributed by atoms with Crippen LogP contribution in [-0.4, -0.2) is 42.3 Å². The van der Waals surface area contributed by atoms with Crippen LogP contribution in [0.25, 0.3) is 0 Å². The van der Waals surface area contributed by atoms with Crippen LogP contribution in [-0.2, 0) is 16.0 Å². The van der Waals surface area contributed by atoms with Gasteiger partial charge in [-0.1, -0.05) is 25.1 Å². The second-order valence-electron chi connectivity index (χ2n) is 7.43. The molecular formula is C24H29N3O3. The van der Waals surface area contributed by atoms with Crippen LogP contribution < -0.4 is 10.2 Å². The van der Waals surface area contributed by atoms with Gasteiger partial charge in [0.25, 0.3) is 5.91 Å². The van der Waals surface area contributed by atoms with Crippen LogP contribution in [0.15, 0.2) is 48.5 Å². The molecule has 0 radical (unpaired) electrons. The summed E-state index contributed by atoms with van der Waals surface area (Å²) in [4.78, 5) is 41.2. The zero-order valence-corrected chi connectivity index (χ0v) is 17.9. The summed E-state index contributed by atoms with van der Waals surface area (Å²) in [6.45, 7) is 7.63. The van der Waals surface area contributed by atoms with Gasteiger partial charge in [-0.3, -0.25) is 14.4 Å². The highest BCUT2D eigenvalue weighted by Crippen LogP contribution is 2.29. The SMILES string of the molecule is CCc1ccccc1N1C[C@@H](C(=O)Nc2ccc(C(=O)N(CC)CC)cc2)CC1=O. The maximum atomic E-state index is 12.7. The van der Waals surface area contributed by atoms with Gasteiger partial charge in [-0.15, -0.1) is 0 Å². The zero-order valence-electron chi connectivity index (χ0n) is 17.9. The van der Waals surface area contributed by atoms with Crippen LogP contribution in [0.3, 0.4) is 0 Å². The monoisotopic (exact) mass is 407 g/mol. The van der Waals surface area contributed by atoms with Gasteiger partial charge in [-0.2, -0.15) is 0 Å². The summed E-state index contributed by atoms with van der Waals surface area (Å²) in [6.07, 6.45) is 1.03. The van der Waals surface area contributed by atoms with Crippen molar-refractivity contribution in [2.75, 3.05) is 29.9 Å². The fourth-order valence-corrected chi connectivity index (χ4v) is 3.82. The molecule has 2 aromatic rings. The van der Waals surface area contributed by atoms with Crippen molar-refractivity contribution in [2.24, 2.45) is 5.92 Å². The third-order valence-electron chi connectivity index (χ3n) is 5.61. The van der Waals surface area contributed by atoms with Gasteiger partial charge in [0.2, 0.25) is 11.8 Å². The first-order chi connectivity index (χ1) is 14.5. The molecule has 2 aromatic carbocycles. The Morgan fingerprint density at radius 2 is 1.70 bits per heavy atom. The van der Waals surface area contributed by atoms with Crippen LogP contribution in [0.4, 0.5) is 11.4 Å². The molecule has 6 nitrogen and oxygen atoms in total. The molecule has 1 aliphatic rings. The van der Waals surface area contributed by atoms with Crippen molar-refractivity contribution in [1.29, 1.82) is 0 Å². The molecule has 1 aliphatic heterocycles. The molecule has 6 heteroatoms. The highest BCUT2D eigenvalue weighted by Gasteiger charge is 2.35. The number of carbonyl (C=O) groups is 3. The Morgan fingerprint density at radius 3 is 2.33 bits per heavy atom. The summed E-state index contributed by atoms with van der Waals surface area (Å²) in [5.41, 5.74) is 3.20. The molecule has 1 atom stereocenters. The first-order valence-electron chi connectivity index (χ1n) is 10.6. The van der Waals surface area contributed by atoms with Gasteiger partial charge < -0.3 is 15.1 Å². The van der Waals surface area contributed by atoms with Gasteiger partial charge in [-0.05, 0) is 56.2 Å². The quantitative estimate of drug-likeness (QED) is 0.760. The van der Waals surface area contributed by atoms with Crippen molar-refractivity contribution in [2.45, 2.75) is 33.6 Å². The van der Waals surface area contributed by atoms with Crippen molar-refractivity contribution < 1.29 is 14.4 Å². The fraction of sp³-hybridized carbons (Fsp3) is 0.375. The molecule has 1 heterocycles. The van der Waals surface area contributed by atoms with Crippen LogP contribution in [0, 0.1) is 5.92 Å². The number of aryl methyl sites for hydroxylation is 1. The van der Waals surface area contributed by atoms with Crippen molar-refractivity contribution >= 4 is 29.1 Å². The molecule has 0 unspecified atom stereocenters. The molecule has 1 saturated heterocycles. The van der Waals surface area contributed by atoms with E-state index in [1.54, 1.807) is 34.1 Å². The second kappa shape index (κ2) is 9.57. The van der Waals surface area contributed by atoms with Crippen LogP contribution in [0.5, 0.6) is 0 Å². The smallest absolute Gasteiger partial charge is 0.253 e. The van der Waals surface area contributed by atoms with E-state index < -0.39 is 5.92 Å². The van der Waals surface area contributed by atoms with E-state index >= 15 is 0 Å². The Labute approximate surface area is 177 Å². The lowest BCUT2D eigenvalue weighted by Crippen LogP contribution is -2.30. The van der Waals surface area contributed by atoms with Crippen molar-refractivity contribution in [1.82, 2.24) is 4.90 Å². The summed E-state index contributed by atoms with van der Waals surface area (Å²) >= 11 is 0. The molecular weight excluding hydrogens is 378 g/mol. The minimum atomic E-state index is -0.403. The lowest BCUT2D eigenvalue weighted by atomic mass is 10.1. The molecule has 1 fully saturated rings. The standard InChI is InChI=1S/C24H29N3O3/c1-4-17-9-7-8-10-21(17)27-16-19(15-22(27)28)23(29)25-20-13-11-18(12-14-20)24(30)26(5-2)6-3/h7-14,19H,4-6,15-16H2,1-3H3,(H,25,29)/t19-/m0/s1. The minimum absolute atomic E-state index is 0.0236. The number of para-hydroxylation sites is 1. The fourth-order valence-electron chi connectivity index (χ4n) is 3.82. The van der Waals surface area contributed by atoms with E-state index in [1.165, 1.54) is 0 Å². The molecule has 0 aliphatic carbocycles. The van der Waals surface area contributed by atoms with E-state index in [0.717, 1.165) is 17.7 Å². The number of rotatable bonds is 7. The lowest BCUT2D eigenvalue weighted by Gasteiger charge is -2.20.